The van der Waals surface area contributed by atoms with Crippen LogP contribution in [0.3, 0.4) is 0 Å². The summed E-state index contributed by atoms with van der Waals surface area (Å²) < 4.78 is 37.1. The lowest BCUT2D eigenvalue weighted by molar-refractivity contribution is -0.00647. The fraction of sp³-hybridized carbons (Fsp3) is 0.487. The largest absolute Gasteiger partial charge is 0.381 e. The predicted molar refractivity (Wildman–Crippen MR) is 200 cm³/mol. The minimum Gasteiger partial charge on any atom is -0.381 e. The lowest BCUT2D eigenvalue weighted by Gasteiger charge is -2.45. The van der Waals surface area contributed by atoms with Gasteiger partial charge in [0.2, 0.25) is 0 Å². The number of piperidine rings is 1. The molecule has 11 nitrogen and oxygen atoms in total. The maximum Gasteiger partial charge on any atom is 0.283 e. The van der Waals surface area contributed by atoms with E-state index in [1.165, 1.54) is 22.6 Å². The van der Waals surface area contributed by atoms with Crippen LogP contribution in [0.4, 0.5) is 11.6 Å². The Morgan fingerprint density at radius 3 is 2.39 bits per heavy atom. The Hall–Kier alpha value is -4.29. The van der Waals surface area contributed by atoms with E-state index >= 15 is 0 Å². The first-order valence-corrected chi connectivity index (χ1v) is 19.7. The molecule has 1 aliphatic carbocycles. The van der Waals surface area contributed by atoms with Crippen LogP contribution in [0.25, 0.3) is 22.3 Å². The Labute approximate surface area is 300 Å². The molecule has 0 bridgehead atoms. The lowest BCUT2D eigenvalue weighted by Crippen LogP contribution is -2.50. The van der Waals surface area contributed by atoms with Gasteiger partial charge in [-0.05, 0) is 70.7 Å². The molecule has 2 aromatic carbocycles. The van der Waals surface area contributed by atoms with Gasteiger partial charge in [0.1, 0.15) is 11.6 Å². The summed E-state index contributed by atoms with van der Waals surface area (Å²) in [5, 5.41) is 10.4. The highest BCUT2D eigenvalue weighted by Gasteiger charge is 2.39. The number of rotatable bonds is 8. The highest BCUT2D eigenvalue weighted by atomic mass is 32.2. The molecule has 0 spiro atoms. The molecule has 1 saturated heterocycles. The zero-order valence-corrected chi connectivity index (χ0v) is 31.6. The minimum absolute atomic E-state index is 0.0860. The second-order valence-electron chi connectivity index (χ2n) is 15.3. The van der Waals surface area contributed by atoms with Gasteiger partial charge in [0.25, 0.3) is 10.0 Å². The molecule has 1 atom stereocenters. The van der Waals surface area contributed by atoms with Crippen molar-refractivity contribution >= 4 is 32.6 Å². The molecule has 2 fully saturated rings. The van der Waals surface area contributed by atoms with Gasteiger partial charge in [-0.2, -0.15) is 22.7 Å². The fourth-order valence-electron chi connectivity index (χ4n) is 8.16. The van der Waals surface area contributed by atoms with Gasteiger partial charge in [-0.15, -0.1) is 0 Å². The summed E-state index contributed by atoms with van der Waals surface area (Å²) >= 11 is 0. The van der Waals surface area contributed by atoms with Crippen LogP contribution in [0.5, 0.6) is 0 Å². The van der Waals surface area contributed by atoms with E-state index in [0.29, 0.717) is 29.5 Å². The Morgan fingerprint density at radius 1 is 0.941 bits per heavy atom. The Morgan fingerprint density at radius 2 is 1.71 bits per heavy atom. The summed E-state index contributed by atoms with van der Waals surface area (Å²) in [7, 11) is -2.13. The molecule has 0 N–H and O–H groups in total. The molecule has 3 aliphatic rings. The van der Waals surface area contributed by atoms with Gasteiger partial charge in [0, 0.05) is 80.2 Å². The van der Waals surface area contributed by atoms with Gasteiger partial charge in [-0.1, -0.05) is 37.6 Å². The number of benzene rings is 2. The normalized spacial score (nSPS) is 19.2. The number of aromatic nitrogens is 6. The van der Waals surface area contributed by atoms with Crippen molar-refractivity contribution in [2.75, 3.05) is 36.5 Å². The molecule has 0 amide bonds. The van der Waals surface area contributed by atoms with Crippen molar-refractivity contribution < 1.29 is 13.2 Å². The van der Waals surface area contributed by atoms with Crippen LogP contribution in [0, 0.1) is 26.2 Å². The van der Waals surface area contributed by atoms with Gasteiger partial charge in [0.15, 0.2) is 5.82 Å². The number of aryl methyl sites for hydroxylation is 4. The first-order valence-electron chi connectivity index (χ1n) is 18.2. The zero-order chi connectivity index (χ0) is 35.8. The first-order chi connectivity index (χ1) is 24.4. The highest BCUT2D eigenvalue weighted by Crippen LogP contribution is 2.43. The van der Waals surface area contributed by atoms with Crippen LogP contribution in [0.2, 0.25) is 0 Å². The maximum absolute atomic E-state index is 13.9. The van der Waals surface area contributed by atoms with Crippen molar-refractivity contribution in [2.24, 2.45) is 5.41 Å². The van der Waals surface area contributed by atoms with Crippen LogP contribution in [0.15, 0.2) is 47.4 Å². The van der Waals surface area contributed by atoms with Crippen LogP contribution in [0.1, 0.15) is 79.7 Å². The third kappa shape index (κ3) is 5.80. The highest BCUT2D eigenvalue weighted by molar-refractivity contribution is 7.90. The number of hydrogen-bond donors (Lipinski definition) is 0. The summed E-state index contributed by atoms with van der Waals surface area (Å²) in [6.45, 7) is 16.5. The van der Waals surface area contributed by atoms with Crippen LogP contribution in [-0.2, 0) is 34.3 Å². The zero-order valence-electron chi connectivity index (χ0n) is 30.8. The number of hydrogen-bond acceptors (Lipinski definition) is 9. The summed E-state index contributed by atoms with van der Waals surface area (Å²) in [4.78, 5) is 15.8. The van der Waals surface area contributed by atoms with E-state index in [9.17, 15) is 8.42 Å². The van der Waals surface area contributed by atoms with Crippen molar-refractivity contribution in [3.05, 3.63) is 76.2 Å². The number of methoxy groups -OCH3 is 1. The fourth-order valence-corrected chi connectivity index (χ4v) is 9.48. The van der Waals surface area contributed by atoms with Crippen molar-refractivity contribution in [1.29, 1.82) is 0 Å². The van der Waals surface area contributed by atoms with Crippen molar-refractivity contribution in [3.63, 3.8) is 0 Å². The molecule has 5 heterocycles. The molecule has 8 rings (SSSR count). The predicted octanol–water partition coefficient (Wildman–Crippen LogP) is 6.56. The van der Waals surface area contributed by atoms with E-state index in [4.69, 9.17) is 19.8 Å². The first kappa shape index (κ1) is 33.8. The monoisotopic (exact) mass is 708 g/mol. The molecule has 51 heavy (non-hydrogen) atoms. The lowest BCUT2D eigenvalue weighted by atomic mass is 9.81. The van der Waals surface area contributed by atoms with Crippen molar-refractivity contribution in [3.8, 4) is 11.4 Å². The quantitative estimate of drug-likeness (QED) is 0.177. The molecule has 3 aromatic heterocycles. The Kier molecular flexibility index (Phi) is 8.25. The summed E-state index contributed by atoms with van der Waals surface area (Å²) in [5.41, 5.74) is 7.23. The number of fused-ring (bicyclic) bond motifs is 2. The van der Waals surface area contributed by atoms with Crippen LogP contribution < -0.4 is 9.80 Å². The molecule has 12 heteroatoms. The molecule has 268 valence electrons. The third-order valence-corrected chi connectivity index (χ3v) is 12.7. The van der Waals surface area contributed by atoms with Crippen molar-refractivity contribution in [2.45, 2.75) is 97.2 Å². The Bertz CT molecular complexity index is 2250. The molecule has 2 aliphatic heterocycles. The maximum atomic E-state index is 13.9. The summed E-state index contributed by atoms with van der Waals surface area (Å²) in [5.74, 6) is 3.31. The summed E-state index contributed by atoms with van der Waals surface area (Å²) in [6.07, 6.45) is 4.26. The summed E-state index contributed by atoms with van der Waals surface area (Å²) in [6, 6.07) is 13.0. The average Bonchev–Trinajstić information content (AvgIpc) is 3.78. The minimum atomic E-state index is -3.94. The second-order valence-corrected chi connectivity index (χ2v) is 17.1. The number of ether oxygens (including phenoxy) is 1. The van der Waals surface area contributed by atoms with Crippen molar-refractivity contribution in [1.82, 2.24) is 28.9 Å². The van der Waals surface area contributed by atoms with E-state index in [2.05, 4.69) is 46.4 Å². The molecule has 0 radical (unpaired) electrons. The number of anilines is 2. The molecule has 1 unspecified atom stereocenters. The Balaban J connectivity index is 1.27. The van der Waals surface area contributed by atoms with Gasteiger partial charge < -0.3 is 14.5 Å². The topological polar surface area (TPSA) is 111 Å². The second kappa shape index (κ2) is 12.4. The molecule has 5 aromatic rings. The van der Waals surface area contributed by atoms with Gasteiger partial charge in [0.05, 0.1) is 33.6 Å². The number of nitrogens with zero attached hydrogens (tertiary/aromatic N) is 8. The van der Waals surface area contributed by atoms with E-state index in [-0.39, 0.29) is 16.4 Å². The smallest absolute Gasteiger partial charge is 0.283 e. The van der Waals surface area contributed by atoms with Gasteiger partial charge in [-0.3, -0.25) is 0 Å². The van der Waals surface area contributed by atoms with E-state index in [0.717, 1.165) is 84.0 Å². The third-order valence-electron chi connectivity index (χ3n) is 11.1. The molecular formula is C39H48N8O3S. The molecular weight excluding hydrogens is 661 g/mol. The molecule has 1 saturated carbocycles. The van der Waals surface area contributed by atoms with E-state index < -0.39 is 10.0 Å². The average molecular weight is 709 g/mol. The standard InChI is InChI=1S/C39H48N8O3S/c1-8-46-34(21-31(43-46)27-12-13-27)44-19-17-30-29(22-44)38(45-20-18-33(50-7)39(5,6)23-45)41-37(40-30)35-25(3)11-16-32-36(35)26(4)42-47(32)51(48,49)28-14-9-24(2)10-15-28/h9-11,14-16,21,27,33H,8,12-13,17-20,22-23H2,1-7H3. The van der Waals surface area contributed by atoms with Gasteiger partial charge >= 0.3 is 0 Å². The van der Waals surface area contributed by atoms with E-state index in [1.807, 2.05) is 52.1 Å². The SMILES string of the molecule is CCn1nc(C2CC2)cc1N1CCc2nc(-c3c(C)ccc4c3c(C)nn4S(=O)(=O)c3ccc(C)cc3)nc(N3CCC(OC)C(C)(C)C3)c2C1. The van der Waals surface area contributed by atoms with Gasteiger partial charge in [-0.25, -0.2) is 14.6 Å². The van der Waals surface area contributed by atoms with Crippen LogP contribution >= 0.6 is 0 Å². The van der Waals surface area contributed by atoms with E-state index in [1.54, 1.807) is 12.1 Å². The van der Waals surface area contributed by atoms with Crippen LogP contribution in [-0.4, -0.2) is 70.2 Å².